The molecule has 0 fully saturated rings. The zero-order valence-electron chi connectivity index (χ0n) is 12.0. The fourth-order valence-corrected chi connectivity index (χ4v) is 3.83. The van der Waals surface area contributed by atoms with Gasteiger partial charge < -0.3 is 4.90 Å². The molecule has 1 aromatic heterocycles. The highest BCUT2D eigenvalue weighted by Crippen LogP contribution is 2.40. The van der Waals surface area contributed by atoms with Crippen molar-refractivity contribution in [2.24, 2.45) is 11.3 Å². The Morgan fingerprint density at radius 1 is 1.39 bits per heavy atom. The Hall–Kier alpha value is -0.830. The molecule has 2 nitrogen and oxygen atoms in total. The van der Waals surface area contributed by atoms with Gasteiger partial charge in [-0.15, -0.1) is 11.3 Å². The van der Waals surface area contributed by atoms with Crippen LogP contribution in [-0.2, 0) is 12.8 Å². The van der Waals surface area contributed by atoms with E-state index in [1.54, 1.807) is 16.2 Å². The SMILES string of the molecule is CN(C)C(=O)c1csc2c1CCC(C(C)(C)C)C2. The highest BCUT2D eigenvalue weighted by molar-refractivity contribution is 7.10. The average Bonchev–Trinajstić information content (AvgIpc) is 2.69. The second-order valence-corrected chi connectivity index (χ2v) is 7.52. The van der Waals surface area contributed by atoms with E-state index in [1.807, 2.05) is 14.1 Å². The normalized spacial score (nSPS) is 19.5. The molecule has 1 unspecified atom stereocenters. The summed E-state index contributed by atoms with van der Waals surface area (Å²) >= 11 is 1.77. The molecule has 18 heavy (non-hydrogen) atoms. The Kier molecular flexibility index (Phi) is 3.54. The summed E-state index contributed by atoms with van der Waals surface area (Å²) in [7, 11) is 3.65. The van der Waals surface area contributed by atoms with Crippen molar-refractivity contribution in [1.82, 2.24) is 4.90 Å². The lowest BCUT2D eigenvalue weighted by molar-refractivity contribution is 0.0826. The van der Waals surface area contributed by atoms with Gasteiger partial charge in [0.25, 0.3) is 5.91 Å². The van der Waals surface area contributed by atoms with Crippen LogP contribution in [0.3, 0.4) is 0 Å². The quantitative estimate of drug-likeness (QED) is 0.759. The molecule has 3 heteroatoms. The lowest BCUT2D eigenvalue weighted by atomic mass is 9.72. The van der Waals surface area contributed by atoms with Crippen LogP contribution < -0.4 is 0 Å². The van der Waals surface area contributed by atoms with Crippen LogP contribution in [0.2, 0.25) is 0 Å². The Morgan fingerprint density at radius 3 is 2.61 bits per heavy atom. The number of fused-ring (bicyclic) bond motifs is 1. The van der Waals surface area contributed by atoms with Crippen LogP contribution in [0.5, 0.6) is 0 Å². The third kappa shape index (κ3) is 2.46. The largest absolute Gasteiger partial charge is 0.345 e. The number of carbonyl (C=O) groups is 1. The maximum atomic E-state index is 12.1. The van der Waals surface area contributed by atoms with Crippen molar-refractivity contribution < 1.29 is 4.79 Å². The third-order valence-corrected chi connectivity index (χ3v) is 5.07. The van der Waals surface area contributed by atoms with Gasteiger partial charge in [-0.2, -0.15) is 0 Å². The number of hydrogen-bond acceptors (Lipinski definition) is 2. The fourth-order valence-electron chi connectivity index (χ4n) is 2.67. The molecule has 1 atom stereocenters. The predicted octanol–water partition coefficient (Wildman–Crippen LogP) is 3.60. The molecule has 0 aliphatic heterocycles. The van der Waals surface area contributed by atoms with Crippen molar-refractivity contribution in [2.75, 3.05) is 14.1 Å². The molecule has 0 bridgehead atoms. The van der Waals surface area contributed by atoms with E-state index < -0.39 is 0 Å². The molecule has 0 aromatic carbocycles. The lowest BCUT2D eigenvalue weighted by Crippen LogP contribution is -2.28. The van der Waals surface area contributed by atoms with E-state index in [9.17, 15) is 4.79 Å². The molecule has 1 aromatic rings. The molecule has 1 aliphatic rings. The molecular weight excluding hydrogens is 242 g/mol. The van der Waals surface area contributed by atoms with Crippen LogP contribution in [0.15, 0.2) is 5.38 Å². The van der Waals surface area contributed by atoms with E-state index in [0.29, 0.717) is 5.41 Å². The van der Waals surface area contributed by atoms with Crippen LogP contribution >= 0.6 is 11.3 Å². The minimum atomic E-state index is 0.154. The first kappa shape index (κ1) is 13.6. The summed E-state index contributed by atoms with van der Waals surface area (Å²) in [6.45, 7) is 6.96. The van der Waals surface area contributed by atoms with E-state index in [1.165, 1.54) is 16.9 Å². The maximum absolute atomic E-state index is 12.1. The molecule has 0 N–H and O–H groups in total. The third-order valence-electron chi connectivity index (χ3n) is 4.02. The van der Waals surface area contributed by atoms with Crippen LogP contribution in [0.1, 0.15) is 48.0 Å². The van der Waals surface area contributed by atoms with Gasteiger partial charge in [0.1, 0.15) is 0 Å². The van der Waals surface area contributed by atoms with Crippen molar-refractivity contribution in [3.8, 4) is 0 Å². The second-order valence-electron chi connectivity index (χ2n) is 6.56. The predicted molar refractivity (Wildman–Crippen MR) is 77.3 cm³/mol. The van der Waals surface area contributed by atoms with Crippen LogP contribution in [0, 0.1) is 11.3 Å². The smallest absolute Gasteiger partial charge is 0.254 e. The van der Waals surface area contributed by atoms with Gasteiger partial charge in [-0.1, -0.05) is 20.8 Å². The molecule has 1 heterocycles. The van der Waals surface area contributed by atoms with Crippen molar-refractivity contribution in [3.63, 3.8) is 0 Å². The van der Waals surface area contributed by atoms with Gasteiger partial charge in [-0.3, -0.25) is 4.79 Å². The molecule has 0 radical (unpaired) electrons. The first-order valence-electron chi connectivity index (χ1n) is 6.61. The van der Waals surface area contributed by atoms with Gasteiger partial charge in [0, 0.05) is 24.4 Å². The van der Waals surface area contributed by atoms with E-state index in [0.717, 1.165) is 24.3 Å². The molecule has 0 saturated carbocycles. The zero-order valence-corrected chi connectivity index (χ0v) is 12.9. The molecule has 1 amide bonds. The lowest BCUT2D eigenvalue weighted by Gasteiger charge is -2.34. The Labute approximate surface area is 114 Å². The van der Waals surface area contributed by atoms with E-state index in [-0.39, 0.29) is 5.91 Å². The summed E-state index contributed by atoms with van der Waals surface area (Å²) < 4.78 is 0. The van der Waals surface area contributed by atoms with E-state index in [2.05, 4.69) is 26.2 Å². The number of carbonyl (C=O) groups excluding carboxylic acids is 1. The number of amides is 1. The molecule has 100 valence electrons. The summed E-state index contributed by atoms with van der Waals surface area (Å²) in [4.78, 5) is 15.2. The number of thiophene rings is 1. The first-order valence-corrected chi connectivity index (χ1v) is 7.49. The van der Waals surface area contributed by atoms with Crippen molar-refractivity contribution in [1.29, 1.82) is 0 Å². The van der Waals surface area contributed by atoms with Gasteiger partial charge in [-0.05, 0) is 36.2 Å². The highest BCUT2D eigenvalue weighted by Gasteiger charge is 2.31. The monoisotopic (exact) mass is 265 g/mol. The highest BCUT2D eigenvalue weighted by atomic mass is 32.1. The van der Waals surface area contributed by atoms with Crippen LogP contribution in [-0.4, -0.2) is 24.9 Å². The summed E-state index contributed by atoms with van der Waals surface area (Å²) in [5.74, 6) is 0.896. The van der Waals surface area contributed by atoms with Crippen molar-refractivity contribution in [3.05, 3.63) is 21.4 Å². The zero-order chi connectivity index (χ0) is 13.5. The van der Waals surface area contributed by atoms with Gasteiger partial charge in [-0.25, -0.2) is 0 Å². The average molecular weight is 265 g/mol. The molecular formula is C15H23NOS. The Bertz CT molecular complexity index is 454. The van der Waals surface area contributed by atoms with E-state index in [4.69, 9.17) is 0 Å². The van der Waals surface area contributed by atoms with Crippen LogP contribution in [0.4, 0.5) is 0 Å². The molecule has 0 saturated heterocycles. The summed E-state index contributed by atoms with van der Waals surface area (Å²) in [5, 5.41) is 2.05. The van der Waals surface area contributed by atoms with Crippen molar-refractivity contribution in [2.45, 2.75) is 40.0 Å². The number of nitrogens with zero attached hydrogens (tertiary/aromatic N) is 1. The summed E-state index contributed by atoms with van der Waals surface area (Å²) in [6.07, 6.45) is 3.42. The topological polar surface area (TPSA) is 20.3 Å². The van der Waals surface area contributed by atoms with E-state index >= 15 is 0 Å². The minimum Gasteiger partial charge on any atom is -0.345 e. The van der Waals surface area contributed by atoms with Gasteiger partial charge >= 0.3 is 0 Å². The summed E-state index contributed by atoms with van der Waals surface area (Å²) in [6, 6.07) is 0. The van der Waals surface area contributed by atoms with Crippen LogP contribution in [0.25, 0.3) is 0 Å². The number of hydrogen-bond donors (Lipinski definition) is 0. The van der Waals surface area contributed by atoms with Crippen molar-refractivity contribution >= 4 is 17.2 Å². The maximum Gasteiger partial charge on any atom is 0.254 e. The first-order chi connectivity index (χ1) is 8.30. The van der Waals surface area contributed by atoms with Gasteiger partial charge in [0.05, 0.1) is 5.56 Å². The molecule has 0 spiro atoms. The minimum absolute atomic E-state index is 0.154. The van der Waals surface area contributed by atoms with Gasteiger partial charge in [0.2, 0.25) is 0 Å². The second kappa shape index (κ2) is 4.69. The standard InChI is InChI=1S/C15H23NOS/c1-15(2,3)10-6-7-11-12(14(17)16(4)5)9-18-13(11)8-10/h9-10H,6-8H2,1-5H3. The molecule has 2 rings (SSSR count). The Balaban J connectivity index is 2.25. The Morgan fingerprint density at radius 2 is 2.06 bits per heavy atom. The summed E-state index contributed by atoms with van der Waals surface area (Å²) in [5.41, 5.74) is 2.62. The molecule has 1 aliphatic carbocycles. The van der Waals surface area contributed by atoms with Gasteiger partial charge in [0.15, 0.2) is 0 Å². The number of rotatable bonds is 1. The fraction of sp³-hybridized carbons (Fsp3) is 0.667.